The highest BCUT2D eigenvalue weighted by Gasteiger charge is 2.37. The molecule has 116 valence electrons. The minimum absolute atomic E-state index is 0.710. The van der Waals surface area contributed by atoms with E-state index in [2.05, 4.69) is 51.1 Å². The molecule has 0 aromatic rings. The highest BCUT2D eigenvalue weighted by Crippen LogP contribution is 2.23. The van der Waals surface area contributed by atoms with E-state index < -0.39 is 25.2 Å². The second-order valence-electron chi connectivity index (χ2n) is 7.12. The Labute approximate surface area is 123 Å². The molecule has 0 amide bonds. The molecule has 0 aliphatic heterocycles. The highest BCUT2D eigenvalue weighted by atomic mass is 28.5. The van der Waals surface area contributed by atoms with Gasteiger partial charge in [0.05, 0.1) is 0 Å². The molecule has 19 heavy (non-hydrogen) atoms. The lowest BCUT2D eigenvalue weighted by Gasteiger charge is -2.37. The molecule has 0 fully saturated rings. The van der Waals surface area contributed by atoms with Crippen LogP contribution in [0.15, 0.2) is 0 Å². The molecule has 0 aliphatic rings. The third kappa shape index (κ3) is 12.0. The lowest BCUT2D eigenvalue weighted by molar-refractivity contribution is 0.391. The van der Waals surface area contributed by atoms with Crippen molar-refractivity contribution in [2.24, 2.45) is 5.73 Å². The first-order valence-corrected chi connectivity index (χ1v) is 16.6. The van der Waals surface area contributed by atoms with E-state index in [-0.39, 0.29) is 0 Å². The van der Waals surface area contributed by atoms with Crippen LogP contribution in [0.4, 0.5) is 0 Å². The first-order valence-electron chi connectivity index (χ1n) is 7.29. The minimum Gasteiger partial charge on any atom is -0.437 e. The molecule has 4 nitrogen and oxygen atoms in total. The van der Waals surface area contributed by atoms with Crippen molar-refractivity contribution in [3.8, 4) is 0 Å². The molecule has 0 radical (unpaired) electrons. The summed E-state index contributed by atoms with van der Waals surface area (Å²) >= 11 is 0. The van der Waals surface area contributed by atoms with Crippen LogP contribution < -0.4 is 11.1 Å². The zero-order chi connectivity index (χ0) is 15.2. The largest absolute Gasteiger partial charge is 0.437 e. The van der Waals surface area contributed by atoms with Crippen LogP contribution in [-0.2, 0) is 8.23 Å². The first kappa shape index (κ1) is 19.5. The van der Waals surface area contributed by atoms with E-state index in [1.807, 2.05) is 0 Å². The van der Waals surface area contributed by atoms with Gasteiger partial charge in [-0.2, -0.15) is 0 Å². The molecule has 0 aromatic carbocycles. The predicted molar refractivity (Wildman–Crippen MR) is 91.8 cm³/mol. The van der Waals surface area contributed by atoms with E-state index in [0.29, 0.717) is 6.54 Å². The van der Waals surface area contributed by atoms with Gasteiger partial charge in [0, 0.05) is 13.1 Å². The Bertz CT molecular complexity index is 256. The van der Waals surface area contributed by atoms with Crippen LogP contribution >= 0.6 is 0 Å². The Morgan fingerprint density at radius 3 is 1.95 bits per heavy atom. The number of hydrogen-bond donors (Lipinski definition) is 2. The molecule has 0 saturated heterocycles. The fourth-order valence-corrected chi connectivity index (χ4v) is 15.5. The summed E-state index contributed by atoms with van der Waals surface area (Å²) in [5, 5.41) is 3.34. The maximum atomic E-state index is 6.45. The molecule has 0 heterocycles. The van der Waals surface area contributed by atoms with Crippen LogP contribution in [-0.4, -0.2) is 44.8 Å². The Morgan fingerprint density at radius 1 is 0.895 bits per heavy atom. The fraction of sp³-hybridized carbons (Fsp3) is 1.00. The number of rotatable bonds is 10. The normalized spacial score (nSPS) is 13.9. The Morgan fingerprint density at radius 2 is 1.47 bits per heavy atom. The Balaban J connectivity index is 4.12. The summed E-state index contributed by atoms with van der Waals surface area (Å²) in [5.74, 6) is 0. The molecule has 0 saturated carbocycles. The summed E-state index contributed by atoms with van der Waals surface area (Å²) in [4.78, 5) is 0. The van der Waals surface area contributed by atoms with Crippen molar-refractivity contribution in [3.63, 3.8) is 0 Å². The van der Waals surface area contributed by atoms with Crippen LogP contribution in [0.1, 0.15) is 6.42 Å². The van der Waals surface area contributed by atoms with E-state index in [1.165, 1.54) is 6.04 Å². The second-order valence-corrected chi connectivity index (χ2v) is 19.8. The van der Waals surface area contributed by atoms with E-state index in [4.69, 9.17) is 14.0 Å². The average molecular weight is 323 g/mol. The SMILES string of the molecule is C[Si](C)(C)O[Si](C)(C)O[Si](C)(C)CCCNCCN. The van der Waals surface area contributed by atoms with Gasteiger partial charge >= 0.3 is 8.56 Å². The van der Waals surface area contributed by atoms with Gasteiger partial charge in [-0.3, -0.25) is 0 Å². The van der Waals surface area contributed by atoms with Gasteiger partial charge in [-0.1, -0.05) is 0 Å². The smallest absolute Gasteiger partial charge is 0.311 e. The van der Waals surface area contributed by atoms with Gasteiger partial charge in [-0.15, -0.1) is 0 Å². The minimum atomic E-state index is -1.97. The van der Waals surface area contributed by atoms with Gasteiger partial charge in [-0.25, -0.2) is 0 Å². The van der Waals surface area contributed by atoms with Crippen molar-refractivity contribution in [1.29, 1.82) is 0 Å². The monoisotopic (exact) mass is 322 g/mol. The summed E-state index contributed by atoms with van der Waals surface area (Å²) in [5.41, 5.74) is 5.45. The predicted octanol–water partition coefficient (Wildman–Crippen LogP) is 2.70. The molecule has 0 bridgehead atoms. The van der Waals surface area contributed by atoms with Crippen molar-refractivity contribution in [1.82, 2.24) is 5.32 Å². The lowest BCUT2D eigenvalue weighted by atomic mass is 10.5. The average Bonchev–Trinajstić information content (AvgIpc) is 2.10. The van der Waals surface area contributed by atoms with E-state index >= 15 is 0 Å². The standard InChI is InChI=1S/C12H34N2O2Si3/c1-17(2,3)15-19(6,7)16-18(4,5)12-8-10-14-11-9-13/h14H,8-13H2,1-7H3. The van der Waals surface area contributed by atoms with Crippen molar-refractivity contribution in [3.05, 3.63) is 0 Å². The maximum absolute atomic E-state index is 6.45. The van der Waals surface area contributed by atoms with Gasteiger partial charge in [0.1, 0.15) is 0 Å². The van der Waals surface area contributed by atoms with Gasteiger partial charge in [0.25, 0.3) is 0 Å². The molecule has 0 atom stereocenters. The topological polar surface area (TPSA) is 56.5 Å². The molecule has 7 heteroatoms. The van der Waals surface area contributed by atoms with Crippen LogP contribution in [0, 0.1) is 0 Å². The Kier molecular flexibility index (Phi) is 8.27. The summed E-state index contributed by atoms with van der Waals surface area (Å²) in [6.45, 7) is 18.3. The third-order valence-electron chi connectivity index (χ3n) is 2.53. The summed E-state index contributed by atoms with van der Waals surface area (Å²) in [7, 11) is -5.09. The van der Waals surface area contributed by atoms with E-state index in [9.17, 15) is 0 Å². The van der Waals surface area contributed by atoms with Crippen molar-refractivity contribution in [2.45, 2.75) is 58.3 Å². The first-order chi connectivity index (χ1) is 8.47. The summed E-state index contributed by atoms with van der Waals surface area (Å²) in [6.07, 6.45) is 1.16. The third-order valence-corrected chi connectivity index (χ3v) is 12.7. The second kappa shape index (κ2) is 8.06. The van der Waals surface area contributed by atoms with Crippen molar-refractivity contribution >= 4 is 25.2 Å². The van der Waals surface area contributed by atoms with Gasteiger partial charge in [0.15, 0.2) is 16.6 Å². The van der Waals surface area contributed by atoms with Crippen LogP contribution in [0.3, 0.4) is 0 Å². The van der Waals surface area contributed by atoms with E-state index in [1.54, 1.807) is 0 Å². The number of nitrogens with one attached hydrogen (secondary N) is 1. The zero-order valence-corrected chi connectivity index (χ0v) is 16.9. The molecule has 0 rings (SSSR count). The summed E-state index contributed by atoms with van der Waals surface area (Å²) in [6, 6.07) is 1.18. The highest BCUT2D eigenvalue weighted by molar-refractivity contribution is 6.87. The molecular formula is C12H34N2O2Si3. The molecule has 0 spiro atoms. The molecule has 0 aliphatic carbocycles. The van der Waals surface area contributed by atoms with Crippen LogP contribution in [0.25, 0.3) is 0 Å². The van der Waals surface area contributed by atoms with Gasteiger partial charge in [0.2, 0.25) is 0 Å². The lowest BCUT2D eigenvalue weighted by Crippen LogP contribution is -2.51. The van der Waals surface area contributed by atoms with Gasteiger partial charge < -0.3 is 19.3 Å². The van der Waals surface area contributed by atoms with Crippen LogP contribution in [0.2, 0.25) is 51.9 Å². The Hall–Kier alpha value is 0.491. The van der Waals surface area contributed by atoms with Crippen molar-refractivity contribution in [2.75, 3.05) is 19.6 Å². The fourth-order valence-electron chi connectivity index (χ4n) is 2.34. The quantitative estimate of drug-likeness (QED) is 0.479. The zero-order valence-electron chi connectivity index (χ0n) is 13.9. The summed E-state index contributed by atoms with van der Waals surface area (Å²) < 4.78 is 12.7. The molecule has 0 unspecified atom stereocenters. The van der Waals surface area contributed by atoms with E-state index in [0.717, 1.165) is 19.5 Å². The van der Waals surface area contributed by atoms with Gasteiger partial charge in [-0.05, 0) is 64.8 Å². The number of nitrogens with two attached hydrogens (primary N) is 1. The molecular weight excluding hydrogens is 288 g/mol. The molecule has 0 aromatic heterocycles. The number of hydrogen-bond acceptors (Lipinski definition) is 4. The van der Waals surface area contributed by atoms with Crippen molar-refractivity contribution < 1.29 is 8.23 Å². The van der Waals surface area contributed by atoms with Crippen LogP contribution in [0.5, 0.6) is 0 Å². The molecule has 3 N–H and O–H groups in total. The maximum Gasteiger partial charge on any atom is 0.311 e.